The number of hydrogen-bond acceptors (Lipinski definition) is 3. The highest BCUT2D eigenvalue weighted by Gasteiger charge is 2.15. The molecule has 0 aliphatic rings. The van der Waals surface area contributed by atoms with E-state index in [4.69, 9.17) is 5.11 Å². The zero-order valence-corrected chi connectivity index (χ0v) is 12.6. The minimum atomic E-state index is -0.960. The van der Waals surface area contributed by atoms with Gasteiger partial charge < -0.3 is 10.1 Å². The van der Waals surface area contributed by atoms with Crippen molar-refractivity contribution in [3.05, 3.63) is 47.0 Å². The molecule has 0 amide bonds. The molecule has 3 N–H and O–H groups in total. The van der Waals surface area contributed by atoms with Crippen LogP contribution in [0.1, 0.15) is 21.5 Å². The predicted octanol–water partition coefficient (Wildman–Crippen LogP) is 3.42. The zero-order valence-electron chi connectivity index (χ0n) is 12.6. The Balaban J connectivity index is 1.92. The van der Waals surface area contributed by atoms with Crippen LogP contribution >= 0.6 is 0 Å². The molecule has 2 aromatic heterocycles. The van der Waals surface area contributed by atoms with Crippen LogP contribution in [0.2, 0.25) is 0 Å². The van der Waals surface area contributed by atoms with Gasteiger partial charge in [-0.25, -0.2) is 9.78 Å². The number of imidazole rings is 1. The highest BCUT2D eigenvalue weighted by atomic mass is 16.4. The Labute approximate surface area is 131 Å². The van der Waals surface area contributed by atoms with Crippen LogP contribution in [0.3, 0.4) is 0 Å². The molecule has 0 saturated carbocycles. The highest BCUT2D eigenvalue weighted by molar-refractivity contribution is 5.98. The predicted molar refractivity (Wildman–Crippen MR) is 87.6 cm³/mol. The maximum atomic E-state index is 11.1. The lowest BCUT2D eigenvalue weighted by atomic mass is 10.1. The average molecular weight is 306 g/mol. The Morgan fingerprint density at radius 2 is 2.00 bits per heavy atom. The molecular weight excluding hydrogens is 292 g/mol. The number of carboxylic acids is 1. The number of aryl methyl sites for hydroxylation is 2. The van der Waals surface area contributed by atoms with Crippen LogP contribution < -0.4 is 0 Å². The molecule has 0 radical (unpaired) electrons. The normalized spacial score (nSPS) is 11.4. The number of aromatic carboxylic acids is 1. The molecule has 23 heavy (non-hydrogen) atoms. The van der Waals surface area contributed by atoms with E-state index in [1.165, 1.54) is 5.56 Å². The Bertz CT molecular complexity index is 1080. The molecular formula is C17H14N4O2. The molecule has 4 aromatic rings. The first-order chi connectivity index (χ1) is 11.0. The number of aromatic nitrogens is 4. The molecule has 0 fully saturated rings. The van der Waals surface area contributed by atoms with Gasteiger partial charge in [-0.3, -0.25) is 5.10 Å². The summed E-state index contributed by atoms with van der Waals surface area (Å²) in [7, 11) is 0. The van der Waals surface area contributed by atoms with Gasteiger partial charge in [0.25, 0.3) is 0 Å². The first kappa shape index (κ1) is 13.5. The number of nitrogens with zero attached hydrogens (tertiary/aromatic N) is 2. The molecule has 2 aromatic carbocycles. The maximum Gasteiger partial charge on any atom is 0.335 e. The van der Waals surface area contributed by atoms with E-state index in [1.807, 2.05) is 12.1 Å². The van der Waals surface area contributed by atoms with Crippen LogP contribution in [0.15, 0.2) is 30.3 Å². The Hall–Kier alpha value is -3.15. The van der Waals surface area contributed by atoms with Gasteiger partial charge >= 0.3 is 5.97 Å². The van der Waals surface area contributed by atoms with Crippen LogP contribution in [0, 0.1) is 13.8 Å². The third kappa shape index (κ3) is 1.99. The molecule has 4 rings (SSSR count). The summed E-state index contributed by atoms with van der Waals surface area (Å²) in [5.41, 5.74) is 5.84. The summed E-state index contributed by atoms with van der Waals surface area (Å²) in [6.07, 6.45) is 0. The molecule has 0 atom stereocenters. The van der Waals surface area contributed by atoms with Gasteiger partial charge in [0.05, 0.1) is 22.1 Å². The van der Waals surface area contributed by atoms with Crippen molar-refractivity contribution in [2.45, 2.75) is 13.8 Å². The summed E-state index contributed by atoms with van der Waals surface area (Å²) < 4.78 is 0. The Morgan fingerprint density at radius 1 is 1.17 bits per heavy atom. The number of benzene rings is 2. The molecule has 0 aliphatic carbocycles. The molecule has 0 saturated heterocycles. The summed E-state index contributed by atoms with van der Waals surface area (Å²) in [5, 5.41) is 17.1. The fraction of sp³-hybridized carbons (Fsp3) is 0.118. The van der Waals surface area contributed by atoms with E-state index in [0.717, 1.165) is 22.0 Å². The summed E-state index contributed by atoms with van der Waals surface area (Å²) in [6, 6.07) is 8.93. The van der Waals surface area contributed by atoms with Crippen molar-refractivity contribution in [3.63, 3.8) is 0 Å². The lowest BCUT2D eigenvalue weighted by molar-refractivity contribution is 0.0697. The number of nitrogens with one attached hydrogen (secondary N) is 2. The number of aromatic amines is 2. The van der Waals surface area contributed by atoms with Gasteiger partial charge in [-0.05, 0) is 49.2 Å². The first-order valence-corrected chi connectivity index (χ1v) is 7.22. The van der Waals surface area contributed by atoms with Crippen molar-refractivity contribution in [1.29, 1.82) is 0 Å². The van der Waals surface area contributed by atoms with E-state index in [2.05, 4.69) is 34.0 Å². The van der Waals surface area contributed by atoms with Gasteiger partial charge in [-0.1, -0.05) is 6.07 Å². The second kappa shape index (κ2) is 4.67. The van der Waals surface area contributed by atoms with Gasteiger partial charge in [0, 0.05) is 5.39 Å². The van der Waals surface area contributed by atoms with Gasteiger partial charge in [0.1, 0.15) is 5.69 Å². The van der Waals surface area contributed by atoms with Gasteiger partial charge in [0.2, 0.25) is 0 Å². The van der Waals surface area contributed by atoms with E-state index < -0.39 is 5.97 Å². The quantitative estimate of drug-likeness (QED) is 0.529. The first-order valence-electron chi connectivity index (χ1n) is 7.22. The van der Waals surface area contributed by atoms with Crippen LogP contribution in [0.5, 0.6) is 0 Å². The number of carbonyl (C=O) groups is 1. The van der Waals surface area contributed by atoms with E-state index in [9.17, 15) is 4.79 Å². The largest absolute Gasteiger partial charge is 0.478 e. The van der Waals surface area contributed by atoms with E-state index >= 15 is 0 Å². The van der Waals surface area contributed by atoms with E-state index in [1.54, 1.807) is 18.2 Å². The second-order valence-electron chi connectivity index (χ2n) is 5.62. The average Bonchev–Trinajstić information content (AvgIpc) is 3.14. The lowest BCUT2D eigenvalue weighted by Gasteiger charge is -1.98. The topological polar surface area (TPSA) is 94.7 Å². The molecule has 6 nitrogen and oxygen atoms in total. The highest BCUT2D eigenvalue weighted by Crippen LogP contribution is 2.28. The van der Waals surface area contributed by atoms with Crippen molar-refractivity contribution in [3.8, 4) is 11.5 Å². The number of carboxylic acid groups (broad SMARTS) is 1. The minimum absolute atomic E-state index is 0.226. The number of rotatable bonds is 2. The second-order valence-corrected chi connectivity index (χ2v) is 5.62. The van der Waals surface area contributed by atoms with Crippen LogP contribution in [0.25, 0.3) is 33.5 Å². The smallest absolute Gasteiger partial charge is 0.335 e. The van der Waals surface area contributed by atoms with Crippen molar-refractivity contribution < 1.29 is 9.90 Å². The fourth-order valence-corrected chi connectivity index (χ4v) is 2.76. The molecule has 114 valence electrons. The van der Waals surface area contributed by atoms with Gasteiger partial charge in [-0.2, -0.15) is 5.10 Å². The molecule has 6 heteroatoms. The molecule has 0 bridgehead atoms. The minimum Gasteiger partial charge on any atom is -0.478 e. The van der Waals surface area contributed by atoms with E-state index in [0.29, 0.717) is 17.0 Å². The lowest BCUT2D eigenvalue weighted by Crippen LogP contribution is -1.94. The summed E-state index contributed by atoms with van der Waals surface area (Å²) in [5.74, 6) is -0.291. The van der Waals surface area contributed by atoms with Crippen molar-refractivity contribution in [2.24, 2.45) is 0 Å². The van der Waals surface area contributed by atoms with Gasteiger partial charge in [0.15, 0.2) is 5.82 Å². The third-order valence-corrected chi connectivity index (χ3v) is 4.22. The molecule has 0 aliphatic heterocycles. The molecule has 0 unspecified atom stereocenters. The Morgan fingerprint density at radius 3 is 2.78 bits per heavy atom. The number of H-pyrrole nitrogens is 2. The fourth-order valence-electron chi connectivity index (χ4n) is 2.76. The van der Waals surface area contributed by atoms with E-state index in [-0.39, 0.29) is 5.56 Å². The zero-order chi connectivity index (χ0) is 16.1. The summed E-state index contributed by atoms with van der Waals surface area (Å²) in [6.45, 7) is 4.12. The van der Waals surface area contributed by atoms with Crippen LogP contribution in [-0.2, 0) is 0 Å². The summed E-state index contributed by atoms with van der Waals surface area (Å²) >= 11 is 0. The van der Waals surface area contributed by atoms with Crippen LogP contribution in [-0.4, -0.2) is 31.2 Å². The van der Waals surface area contributed by atoms with Crippen molar-refractivity contribution in [1.82, 2.24) is 20.2 Å². The molecule has 0 spiro atoms. The van der Waals surface area contributed by atoms with Crippen molar-refractivity contribution >= 4 is 27.9 Å². The Kier molecular flexibility index (Phi) is 2.74. The summed E-state index contributed by atoms with van der Waals surface area (Å²) in [4.78, 5) is 19.0. The van der Waals surface area contributed by atoms with Crippen LogP contribution in [0.4, 0.5) is 0 Å². The monoisotopic (exact) mass is 306 g/mol. The third-order valence-electron chi connectivity index (χ3n) is 4.22. The van der Waals surface area contributed by atoms with Gasteiger partial charge in [-0.15, -0.1) is 0 Å². The number of hydrogen-bond donors (Lipinski definition) is 3. The molecule has 2 heterocycles. The number of fused-ring (bicyclic) bond motifs is 2. The SMILES string of the molecule is Cc1ccc2nc(-c3n[nH]c4cc(C(=O)O)ccc34)[nH]c2c1C. The standard InChI is InChI=1S/C17H14N4O2/c1-8-3-6-12-14(9(8)2)19-16(18-12)15-11-5-4-10(17(22)23)7-13(11)20-21-15/h3-7H,1-2H3,(H,18,19)(H,20,21)(H,22,23). The maximum absolute atomic E-state index is 11.1. The van der Waals surface area contributed by atoms with Crippen molar-refractivity contribution in [2.75, 3.05) is 0 Å².